The summed E-state index contributed by atoms with van der Waals surface area (Å²) in [7, 11) is -0.489. The van der Waals surface area contributed by atoms with Crippen molar-refractivity contribution in [1.82, 2.24) is 0 Å². The third-order valence-corrected chi connectivity index (χ3v) is 2.72. The lowest BCUT2D eigenvalue weighted by Gasteiger charge is -2.08. The van der Waals surface area contributed by atoms with E-state index in [9.17, 15) is 0 Å². The normalized spacial score (nSPS) is 16.3. The molecule has 2 heteroatoms. The molecule has 0 amide bonds. The van der Waals surface area contributed by atoms with E-state index in [1.54, 1.807) is 0 Å². The van der Waals surface area contributed by atoms with Crippen LogP contribution in [0.2, 0.25) is 0 Å². The minimum absolute atomic E-state index is 0.489. The predicted octanol–water partition coefficient (Wildman–Crippen LogP) is 1.69. The molecule has 2 rings (SSSR count). The van der Waals surface area contributed by atoms with Gasteiger partial charge in [-0.3, -0.25) is 0 Å². The molecule has 0 N–H and O–H groups in total. The molecule has 1 aliphatic rings. The first-order chi connectivity index (χ1) is 5.97. The highest BCUT2D eigenvalue weighted by Crippen LogP contribution is 2.19. The van der Waals surface area contributed by atoms with Gasteiger partial charge in [0, 0.05) is 5.56 Å². The summed E-state index contributed by atoms with van der Waals surface area (Å²) in [5.41, 5.74) is 3.31. The van der Waals surface area contributed by atoms with E-state index in [0.717, 1.165) is 5.75 Å². The van der Waals surface area contributed by atoms with Crippen molar-refractivity contribution in [2.24, 2.45) is 0 Å². The molecule has 0 fully saturated rings. The van der Waals surface area contributed by atoms with Gasteiger partial charge in [0.25, 0.3) is 0 Å². The zero-order valence-electron chi connectivity index (χ0n) is 6.73. The monoisotopic (exact) mass is 174 g/mol. The molecule has 0 bridgehead atoms. The van der Waals surface area contributed by atoms with Gasteiger partial charge in [0.15, 0.2) is 0 Å². The van der Waals surface area contributed by atoms with Crippen LogP contribution >= 0.6 is 0 Å². The number of allylic oxidation sites excluding steroid dienone is 2. The summed E-state index contributed by atoms with van der Waals surface area (Å²) in [5.74, 6) is 1.02. The Morgan fingerprint density at radius 2 is 2.00 bits per heavy atom. The van der Waals surface area contributed by atoms with Crippen LogP contribution in [0.5, 0.6) is 5.75 Å². The van der Waals surface area contributed by atoms with Crippen molar-refractivity contribution in [3.8, 4) is 5.75 Å². The van der Waals surface area contributed by atoms with E-state index in [2.05, 4.69) is 30.0 Å². The van der Waals surface area contributed by atoms with Crippen molar-refractivity contribution >= 4 is 15.8 Å². The maximum absolute atomic E-state index is 5.63. The molecule has 0 aliphatic carbocycles. The fourth-order valence-corrected chi connectivity index (χ4v) is 1.99. The largest absolute Gasteiger partial charge is 0.545 e. The van der Waals surface area contributed by atoms with Crippen LogP contribution in [0.1, 0.15) is 5.56 Å². The fraction of sp³-hybridized carbons (Fsp3) is 0. The van der Waals surface area contributed by atoms with Crippen LogP contribution < -0.4 is 4.43 Å². The highest BCUT2D eigenvalue weighted by molar-refractivity contribution is 6.35. The molecule has 0 atom stereocenters. The second-order valence-electron chi connectivity index (χ2n) is 2.64. The fourth-order valence-electron chi connectivity index (χ4n) is 1.18. The smallest absolute Gasteiger partial charge is 0.244 e. The first-order valence-corrected chi connectivity index (χ1v) is 5.41. The Morgan fingerprint density at radius 1 is 1.08 bits per heavy atom. The molecule has 1 aliphatic heterocycles. The summed E-state index contributed by atoms with van der Waals surface area (Å²) in [6, 6.07) is 8.12. The van der Waals surface area contributed by atoms with E-state index >= 15 is 0 Å². The van der Waals surface area contributed by atoms with Gasteiger partial charge in [-0.05, 0) is 6.07 Å². The van der Waals surface area contributed by atoms with Crippen molar-refractivity contribution in [1.29, 1.82) is 0 Å². The molecule has 60 valence electrons. The Hall–Kier alpha value is -1.28. The van der Waals surface area contributed by atoms with Gasteiger partial charge in [-0.1, -0.05) is 42.1 Å². The third-order valence-electron chi connectivity index (χ3n) is 1.78. The van der Waals surface area contributed by atoms with Gasteiger partial charge in [0.2, 0.25) is 9.76 Å². The zero-order chi connectivity index (χ0) is 8.23. The van der Waals surface area contributed by atoms with Gasteiger partial charge < -0.3 is 4.43 Å². The van der Waals surface area contributed by atoms with Gasteiger partial charge in [-0.25, -0.2) is 0 Å². The number of rotatable bonds is 0. The van der Waals surface area contributed by atoms with Crippen molar-refractivity contribution in [3.63, 3.8) is 0 Å². The number of benzene rings is 1. The Morgan fingerprint density at radius 3 is 3.00 bits per heavy atom. The first-order valence-electron chi connectivity index (χ1n) is 4.02. The molecule has 0 spiro atoms. The van der Waals surface area contributed by atoms with E-state index in [0.29, 0.717) is 0 Å². The maximum atomic E-state index is 5.63. The van der Waals surface area contributed by atoms with E-state index < -0.39 is 9.76 Å². The summed E-state index contributed by atoms with van der Waals surface area (Å²) >= 11 is 0. The summed E-state index contributed by atoms with van der Waals surface area (Å²) in [6.07, 6.45) is 6.19. The average molecular weight is 174 g/mol. The molecule has 1 nitrogen and oxygen atoms in total. The average Bonchev–Trinajstić information content (AvgIpc) is 2.06. The molecule has 12 heavy (non-hydrogen) atoms. The SMILES string of the molecule is C1=C[SiH2]Oc2ccccc2C=C1. The van der Waals surface area contributed by atoms with Gasteiger partial charge in [-0.15, -0.1) is 0 Å². The molecule has 1 aromatic carbocycles. The Balaban J connectivity index is 2.43. The molecule has 0 aromatic heterocycles. The molecule has 1 heterocycles. The van der Waals surface area contributed by atoms with Gasteiger partial charge in [0.1, 0.15) is 5.75 Å². The van der Waals surface area contributed by atoms with E-state index in [4.69, 9.17) is 4.43 Å². The second-order valence-corrected chi connectivity index (χ2v) is 3.73. The minimum atomic E-state index is -0.489. The van der Waals surface area contributed by atoms with Crippen molar-refractivity contribution < 1.29 is 4.43 Å². The quantitative estimate of drug-likeness (QED) is 0.544. The summed E-state index contributed by atoms with van der Waals surface area (Å²) in [5, 5.41) is 0. The van der Waals surface area contributed by atoms with Crippen LogP contribution in [0.3, 0.4) is 0 Å². The molecular formula is C10H10OSi. The number of para-hydroxylation sites is 1. The standard InChI is InChI=1S/C10H10OSi/c1-2-7-10-9(5-1)6-3-4-8-12-11-10/h1-8H,12H2. The zero-order valence-corrected chi connectivity index (χ0v) is 8.15. The van der Waals surface area contributed by atoms with Crippen molar-refractivity contribution in [2.75, 3.05) is 0 Å². The maximum Gasteiger partial charge on any atom is 0.244 e. The minimum Gasteiger partial charge on any atom is -0.545 e. The van der Waals surface area contributed by atoms with Crippen LogP contribution in [-0.2, 0) is 0 Å². The molecule has 1 aromatic rings. The third kappa shape index (κ3) is 1.48. The molecular weight excluding hydrogens is 164 g/mol. The predicted molar refractivity (Wildman–Crippen MR) is 53.8 cm³/mol. The van der Waals surface area contributed by atoms with Crippen LogP contribution in [0.25, 0.3) is 6.08 Å². The van der Waals surface area contributed by atoms with Crippen LogP contribution in [0.15, 0.2) is 42.1 Å². The van der Waals surface area contributed by atoms with E-state index in [1.165, 1.54) is 5.56 Å². The van der Waals surface area contributed by atoms with E-state index in [-0.39, 0.29) is 0 Å². The molecule has 0 unspecified atom stereocenters. The topological polar surface area (TPSA) is 9.23 Å². The molecule has 0 radical (unpaired) electrons. The lowest BCUT2D eigenvalue weighted by atomic mass is 10.2. The lowest BCUT2D eigenvalue weighted by Crippen LogP contribution is -2.00. The van der Waals surface area contributed by atoms with Crippen LogP contribution in [0.4, 0.5) is 0 Å². The number of hydrogen-bond donors (Lipinski definition) is 0. The van der Waals surface area contributed by atoms with Crippen LogP contribution in [0, 0.1) is 0 Å². The van der Waals surface area contributed by atoms with Crippen molar-refractivity contribution in [2.45, 2.75) is 0 Å². The summed E-state index contributed by atoms with van der Waals surface area (Å²) in [6.45, 7) is 0. The van der Waals surface area contributed by atoms with Gasteiger partial charge in [0.05, 0.1) is 0 Å². The second kappa shape index (κ2) is 3.41. The van der Waals surface area contributed by atoms with Crippen molar-refractivity contribution in [3.05, 3.63) is 47.7 Å². The number of fused-ring (bicyclic) bond motifs is 1. The Labute approximate surface area is 74.3 Å². The summed E-state index contributed by atoms with van der Waals surface area (Å²) < 4.78 is 5.63. The Bertz CT molecular complexity index is 328. The lowest BCUT2D eigenvalue weighted by molar-refractivity contribution is 0.602. The van der Waals surface area contributed by atoms with Crippen LogP contribution in [-0.4, -0.2) is 9.76 Å². The highest BCUT2D eigenvalue weighted by atomic mass is 28.2. The van der Waals surface area contributed by atoms with Gasteiger partial charge >= 0.3 is 0 Å². The molecule has 0 saturated carbocycles. The first kappa shape index (κ1) is 7.37. The summed E-state index contributed by atoms with van der Waals surface area (Å²) in [4.78, 5) is 0. The van der Waals surface area contributed by atoms with Gasteiger partial charge in [-0.2, -0.15) is 0 Å². The van der Waals surface area contributed by atoms with E-state index in [1.807, 2.05) is 18.2 Å². The number of hydrogen-bond acceptors (Lipinski definition) is 1. The Kier molecular flexibility index (Phi) is 2.09. The molecule has 0 saturated heterocycles. The highest BCUT2D eigenvalue weighted by Gasteiger charge is 1.98.